The molecular formula is C30H41NO8. The van der Waals surface area contributed by atoms with Crippen molar-refractivity contribution in [1.82, 2.24) is 4.90 Å². The first-order valence-electron chi connectivity index (χ1n) is 13.4. The first kappa shape index (κ1) is 29.9. The van der Waals surface area contributed by atoms with E-state index in [-0.39, 0.29) is 18.5 Å². The number of aryl methyl sites for hydroxylation is 1. The molecule has 9 nitrogen and oxygen atoms in total. The molecule has 2 aromatic rings. The van der Waals surface area contributed by atoms with E-state index in [1.807, 2.05) is 25.1 Å². The topological polar surface area (TPSA) is 92.8 Å². The van der Waals surface area contributed by atoms with Crippen LogP contribution >= 0.6 is 0 Å². The quantitative estimate of drug-likeness (QED) is 0.263. The SMILES string of the molecule is CC[C@H](C(=O)N1CCCC[C@H]1C(=O)OCCCc1ccc(OC)c(OC)c1)c1cc(OC)c(OC)c(OC)c1. The Morgan fingerprint density at radius 2 is 1.54 bits per heavy atom. The largest absolute Gasteiger partial charge is 0.493 e. The van der Waals surface area contributed by atoms with Crippen LogP contribution in [0.15, 0.2) is 30.3 Å². The Morgan fingerprint density at radius 1 is 0.872 bits per heavy atom. The number of hydrogen-bond acceptors (Lipinski definition) is 8. The van der Waals surface area contributed by atoms with Crippen LogP contribution in [-0.4, -0.2) is 71.5 Å². The minimum Gasteiger partial charge on any atom is -0.493 e. The third kappa shape index (κ3) is 7.07. The molecule has 1 amide bonds. The van der Waals surface area contributed by atoms with Gasteiger partial charge in [0, 0.05) is 6.54 Å². The van der Waals surface area contributed by atoms with Crippen LogP contribution in [0.3, 0.4) is 0 Å². The summed E-state index contributed by atoms with van der Waals surface area (Å²) in [6.07, 6.45) is 4.24. The van der Waals surface area contributed by atoms with Crippen molar-refractivity contribution in [3.8, 4) is 28.7 Å². The van der Waals surface area contributed by atoms with E-state index in [9.17, 15) is 9.59 Å². The molecule has 0 bridgehead atoms. The first-order chi connectivity index (χ1) is 18.9. The van der Waals surface area contributed by atoms with Gasteiger partial charge in [-0.25, -0.2) is 4.79 Å². The van der Waals surface area contributed by atoms with Crippen LogP contribution in [-0.2, 0) is 20.7 Å². The van der Waals surface area contributed by atoms with Gasteiger partial charge in [0.2, 0.25) is 11.7 Å². The second kappa shape index (κ2) is 14.5. The van der Waals surface area contributed by atoms with Crippen molar-refractivity contribution in [3.05, 3.63) is 41.5 Å². The molecule has 0 spiro atoms. The van der Waals surface area contributed by atoms with Crippen molar-refractivity contribution in [2.45, 2.75) is 57.4 Å². The summed E-state index contributed by atoms with van der Waals surface area (Å²) >= 11 is 0. The number of methoxy groups -OCH3 is 5. The molecule has 1 aliphatic heterocycles. The number of rotatable bonds is 13. The molecular weight excluding hydrogens is 502 g/mol. The van der Waals surface area contributed by atoms with Crippen molar-refractivity contribution < 1.29 is 38.0 Å². The molecule has 1 fully saturated rings. The molecule has 0 unspecified atom stereocenters. The highest BCUT2D eigenvalue weighted by atomic mass is 16.5. The number of benzene rings is 2. The number of hydrogen-bond donors (Lipinski definition) is 0. The minimum atomic E-state index is -0.594. The fourth-order valence-electron chi connectivity index (χ4n) is 5.08. The normalized spacial score (nSPS) is 15.7. The van der Waals surface area contributed by atoms with Crippen LogP contribution in [0.4, 0.5) is 0 Å². The van der Waals surface area contributed by atoms with Gasteiger partial charge in [-0.1, -0.05) is 13.0 Å². The maximum absolute atomic E-state index is 13.8. The lowest BCUT2D eigenvalue weighted by molar-refractivity contribution is -0.157. The summed E-state index contributed by atoms with van der Waals surface area (Å²) in [5.41, 5.74) is 1.82. The molecule has 0 saturated carbocycles. The zero-order valence-corrected chi connectivity index (χ0v) is 23.9. The zero-order valence-electron chi connectivity index (χ0n) is 23.9. The molecule has 0 radical (unpaired) electrons. The highest BCUT2D eigenvalue weighted by Crippen LogP contribution is 2.41. The Labute approximate surface area is 231 Å². The van der Waals surface area contributed by atoms with E-state index >= 15 is 0 Å². The number of esters is 1. The van der Waals surface area contributed by atoms with Gasteiger partial charge in [0.05, 0.1) is 48.1 Å². The zero-order chi connectivity index (χ0) is 28.4. The molecule has 0 aromatic heterocycles. The smallest absolute Gasteiger partial charge is 0.328 e. The van der Waals surface area contributed by atoms with Crippen LogP contribution < -0.4 is 23.7 Å². The summed E-state index contributed by atoms with van der Waals surface area (Å²) < 4.78 is 32.7. The average Bonchev–Trinajstić information content (AvgIpc) is 2.98. The third-order valence-electron chi connectivity index (χ3n) is 7.16. The highest BCUT2D eigenvalue weighted by molar-refractivity contribution is 5.89. The van der Waals surface area contributed by atoms with E-state index in [4.69, 9.17) is 28.4 Å². The van der Waals surface area contributed by atoms with Crippen molar-refractivity contribution in [1.29, 1.82) is 0 Å². The van der Waals surface area contributed by atoms with Gasteiger partial charge in [0.25, 0.3) is 0 Å². The molecule has 1 aliphatic rings. The van der Waals surface area contributed by atoms with Gasteiger partial charge < -0.3 is 33.3 Å². The molecule has 9 heteroatoms. The van der Waals surface area contributed by atoms with Crippen molar-refractivity contribution in [2.24, 2.45) is 0 Å². The minimum absolute atomic E-state index is 0.0984. The molecule has 3 rings (SSSR count). The van der Waals surface area contributed by atoms with Gasteiger partial charge in [-0.05, 0) is 73.9 Å². The lowest BCUT2D eigenvalue weighted by Crippen LogP contribution is -2.50. The van der Waals surface area contributed by atoms with Crippen molar-refractivity contribution in [3.63, 3.8) is 0 Å². The maximum Gasteiger partial charge on any atom is 0.328 e. The van der Waals surface area contributed by atoms with Crippen molar-refractivity contribution in [2.75, 3.05) is 48.7 Å². The fourth-order valence-corrected chi connectivity index (χ4v) is 5.08. The van der Waals surface area contributed by atoms with E-state index in [1.165, 1.54) is 0 Å². The summed E-state index contributed by atoms with van der Waals surface area (Å²) in [7, 11) is 7.84. The van der Waals surface area contributed by atoms with Gasteiger partial charge in [-0.2, -0.15) is 0 Å². The van der Waals surface area contributed by atoms with Gasteiger partial charge in [0.1, 0.15) is 6.04 Å². The molecule has 1 saturated heterocycles. The van der Waals surface area contributed by atoms with Crippen LogP contribution in [0.5, 0.6) is 28.7 Å². The average molecular weight is 544 g/mol. The van der Waals surface area contributed by atoms with E-state index < -0.39 is 12.0 Å². The fraction of sp³-hybridized carbons (Fsp3) is 0.533. The predicted molar refractivity (Wildman–Crippen MR) is 147 cm³/mol. The van der Waals surface area contributed by atoms with E-state index in [0.717, 1.165) is 30.4 Å². The predicted octanol–water partition coefficient (Wildman–Crippen LogP) is 4.78. The molecule has 39 heavy (non-hydrogen) atoms. The summed E-state index contributed by atoms with van der Waals surface area (Å²) in [6, 6.07) is 8.78. The molecule has 214 valence electrons. The van der Waals surface area contributed by atoms with Crippen LogP contribution in [0.25, 0.3) is 0 Å². The monoisotopic (exact) mass is 543 g/mol. The van der Waals surface area contributed by atoms with E-state index in [2.05, 4.69) is 0 Å². The van der Waals surface area contributed by atoms with Gasteiger partial charge in [-0.3, -0.25) is 4.79 Å². The second-order valence-electron chi connectivity index (χ2n) is 9.42. The van der Waals surface area contributed by atoms with Crippen molar-refractivity contribution >= 4 is 11.9 Å². The molecule has 2 aromatic carbocycles. The van der Waals surface area contributed by atoms with Gasteiger partial charge >= 0.3 is 5.97 Å². The number of likely N-dealkylation sites (tertiary alicyclic amines) is 1. The number of carbonyl (C=O) groups is 2. The number of nitrogens with zero attached hydrogens (tertiary/aromatic N) is 1. The molecule has 1 heterocycles. The number of amides is 1. The second-order valence-corrected chi connectivity index (χ2v) is 9.42. The first-order valence-corrected chi connectivity index (χ1v) is 13.4. The summed E-state index contributed by atoms with van der Waals surface area (Å²) in [6.45, 7) is 2.75. The standard InChI is InChI=1S/C30H41NO8/c1-7-22(21-18-26(36-4)28(38-6)27(19-21)37-5)29(32)31-15-9-8-12-23(31)30(33)39-16-10-11-20-13-14-24(34-2)25(17-20)35-3/h13-14,17-19,22-23H,7-12,15-16H2,1-6H3/t22-,23-/m0/s1. The van der Waals surface area contributed by atoms with E-state index in [1.54, 1.807) is 52.6 Å². The third-order valence-corrected chi connectivity index (χ3v) is 7.16. The maximum atomic E-state index is 13.8. The molecule has 0 aliphatic carbocycles. The Morgan fingerprint density at radius 3 is 2.13 bits per heavy atom. The van der Waals surface area contributed by atoms with Gasteiger partial charge in [-0.15, -0.1) is 0 Å². The van der Waals surface area contributed by atoms with E-state index in [0.29, 0.717) is 54.6 Å². The summed E-state index contributed by atoms with van der Waals surface area (Å²) in [5, 5.41) is 0. The Bertz CT molecular complexity index is 1090. The van der Waals surface area contributed by atoms with Crippen LogP contribution in [0, 0.1) is 0 Å². The molecule has 2 atom stereocenters. The summed E-state index contributed by atoms with van der Waals surface area (Å²) in [5.74, 6) is 1.88. The van der Waals surface area contributed by atoms with Crippen LogP contribution in [0.2, 0.25) is 0 Å². The molecule has 0 N–H and O–H groups in total. The summed E-state index contributed by atoms with van der Waals surface area (Å²) in [4.78, 5) is 28.6. The van der Waals surface area contributed by atoms with Crippen LogP contribution in [0.1, 0.15) is 56.1 Å². The van der Waals surface area contributed by atoms with Gasteiger partial charge in [0.15, 0.2) is 23.0 Å². The number of carbonyl (C=O) groups excluding carboxylic acids is 2. The highest BCUT2D eigenvalue weighted by Gasteiger charge is 2.37. The number of piperidine rings is 1. The Balaban J connectivity index is 1.67. The lowest BCUT2D eigenvalue weighted by atomic mass is 9.91. The Kier molecular flexibility index (Phi) is 11.1. The Hall–Kier alpha value is -3.62. The number of ether oxygens (including phenoxy) is 6. The lowest BCUT2D eigenvalue weighted by Gasteiger charge is -2.36.